The zero-order valence-corrected chi connectivity index (χ0v) is 8.86. The molecule has 0 aliphatic carbocycles. The van der Waals surface area contributed by atoms with Gasteiger partial charge in [0.15, 0.2) is 5.82 Å². The number of nitrogens with zero attached hydrogens (tertiary/aromatic N) is 1. The van der Waals surface area contributed by atoms with Gasteiger partial charge >= 0.3 is 0 Å². The molecule has 0 spiro atoms. The van der Waals surface area contributed by atoms with Gasteiger partial charge in [-0.1, -0.05) is 19.0 Å². The van der Waals surface area contributed by atoms with Gasteiger partial charge in [-0.05, 0) is 6.07 Å². The Balaban J connectivity index is 1.94. The van der Waals surface area contributed by atoms with E-state index < -0.39 is 0 Å². The van der Waals surface area contributed by atoms with E-state index in [0.717, 1.165) is 17.1 Å². The van der Waals surface area contributed by atoms with Crippen molar-refractivity contribution in [2.45, 2.75) is 26.3 Å². The Morgan fingerprint density at radius 2 is 2.33 bits per heavy atom. The molecule has 0 aromatic carbocycles. The van der Waals surface area contributed by atoms with E-state index >= 15 is 0 Å². The molecular formula is C11H14N2O2. The molecule has 0 aliphatic rings. The number of hydrogen-bond acceptors (Lipinski definition) is 4. The minimum atomic E-state index is 0.363. The number of rotatable bonds is 4. The maximum Gasteiger partial charge on any atom is 0.169 e. The highest BCUT2D eigenvalue weighted by atomic mass is 16.5. The van der Waals surface area contributed by atoms with E-state index in [1.54, 1.807) is 12.5 Å². The van der Waals surface area contributed by atoms with Crippen LogP contribution in [0.1, 0.15) is 31.1 Å². The molecule has 2 aromatic heterocycles. The second-order valence-corrected chi connectivity index (χ2v) is 3.75. The Morgan fingerprint density at radius 1 is 1.47 bits per heavy atom. The molecule has 0 saturated heterocycles. The molecule has 2 heterocycles. The molecule has 4 heteroatoms. The SMILES string of the molecule is CC(C)c1cc(NCc2ccoc2)no1. The molecular weight excluding hydrogens is 192 g/mol. The first-order valence-electron chi connectivity index (χ1n) is 4.97. The van der Waals surface area contributed by atoms with Crippen LogP contribution in [0, 0.1) is 0 Å². The van der Waals surface area contributed by atoms with Gasteiger partial charge in [0.05, 0.1) is 12.5 Å². The van der Waals surface area contributed by atoms with Crippen LogP contribution in [0.5, 0.6) is 0 Å². The molecule has 80 valence electrons. The van der Waals surface area contributed by atoms with Crippen molar-refractivity contribution in [3.8, 4) is 0 Å². The Bertz CT molecular complexity index is 404. The molecule has 2 rings (SSSR count). The van der Waals surface area contributed by atoms with Crippen LogP contribution in [-0.4, -0.2) is 5.16 Å². The summed E-state index contributed by atoms with van der Waals surface area (Å²) in [6, 6.07) is 3.83. The molecule has 1 N–H and O–H groups in total. The lowest BCUT2D eigenvalue weighted by atomic mass is 10.2. The highest BCUT2D eigenvalue weighted by molar-refractivity contribution is 5.35. The van der Waals surface area contributed by atoms with Crippen LogP contribution in [0.25, 0.3) is 0 Å². The Morgan fingerprint density at radius 3 is 2.93 bits per heavy atom. The molecule has 4 nitrogen and oxygen atoms in total. The number of anilines is 1. The van der Waals surface area contributed by atoms with Gasteiger partial charge in [-0.2, -0.15) is 0 Å². The van der Waals surface area contributed by atoms with E-state index in [9.17, 15) is 0 Å². The smallest absolute Gasteiger partial charge is 0.169 e. The van der Waals surface area contributed by atoms with Gasteiger partial charge in [-0.3, -0.25) is 0 Å². The van der Waals surface area contributed by atoms with Gasteiger partial charge < -0.3 is 14.3 Å². The second-order valence-electron chi connectivity index (χ2n) is 3.75. The fourth-order valence-electron chi connectivity index (χ4n) is 1.23. The number of hydrogen-bond donors (Lipinski definition) is 1. The monoisotopic (exact) mass is 206 g/mol. The summed E-state index contributed by atoms with van der Waals surface area (Å²) < 4.78 is 10.1. The third-order valence-electron chi connectivity index (χ3n) is 2.15. The quantitative estimate of drug-likeness (QED) is 0.835. The summed E-state index contributed by atoms with van der Waals surface area (Å²) in [6.07, 6.45) is 3.36. The summed E-state index contributed by atoms with van der Waals surface area (Å²) in [5.41, 5.74) is 1.09. The Kier molecular flexibility index (Phi) is 2.76. The first-order valence-corrected chi connectivity index (χ1v) is 4.97. The predicted molar refractivity (Wildman–Crippen MR) is 56.6 cm³/mol. The summed E-state index contributed by atoms with van der Waals surface area (Å²) >= 11 is 0. The van der Waals surface area contributed by atoms with Crippen LogP contribution in [0.4, 0.5) is 5.82 Å². The zero-order valence-electron chi connectivity index (χ0n) is 8.86. The standard InChI is InChI=1S/C11H14N2O2/c1-8(2)10-5-11(13-15-10)12-6-9-3-4-14-7-9/h3-5,7-8H,6H2,1-2H3,(H,12,13). The summed E-state index contributed by atoms with van der Waals surface area (Å²) in [6.45, 7) is 4.83. The number of aromatic nitrogens is 1. The van der Waals surface area contributed by atoms with Crippen molar-refractivity contribution in [1.29, 1.82) is 0 Å². The average Bonchev–Trinajstić information content (AvgIpc) is 2.86. The Labute approximate surface area is 88.3 Å². The highest BCUT2D eigenvalue weighted by Crippen LogP contribution is 2.18. The van der Waals surface area contributed by atoms with E-state index in [1.807, 2.05) is 12.1 Å². The molecule has 0 unspecified atom stereocenters. The topological polar surface area (TPSA) is 51.2 Å². The lowest BCUT2D eigenvalue weighted by Crippen LogP contribution is -1.97. The van der Waals surface area contributed by atoms with Crippen molar-refractivity contribution in [2.75, 3.05) is 5.32 Å². The first-order chi connectivity index (χ1) is 7.25. The van der Waals surface area contributed by atoms with Crippen molar-refractivity contribution < 1.29 is 8.94 Å². The summed E-state index contributed by atoms with van der Waals surface area (Å²) in [5.74, 6) is 2.02. The third kappa shape index (κ3) is 2.40. The normalized spacial score (nSPS) is 10.9. The van der Waals surface area contributed by atoms with Gasteiger partial charge in [-0.15, -0.1) is 0 Å². The van der Waals surface area contributed by atoms with Crippen molar-refractivity contribution in [2.24, 2.45) is 0 Å². The molecule has 2 aromatic rings. The van der Waals surface area contributed by atoms with Gasteiger partial charge in [0.25, 0.3) is 0 Å². The molecule has 0 amide bonds. The first kappa shape index (κ1) is 9.83. The molecule has 0 bridgehead atoms. The maximum absolute atomic E-state index is 5.16. The molecule has 0 radical (unpaired) electrons. The van der Waals surface area contributed by atoms with Gasteiger partial charge in [0, 0.05) is 24.1 Å². The minimum Gasteiger partial charge on any atom is -0.472 e. The van der Waals surface area contributed by atoms with Crippen molar-refractivity contribution in [3.05, 3.63) is 36.0 Å². The van der Waals surface area contributed by atoms with Gasteiger partial charge in [-0.25, -0.2) is 0 Å². The van der Waals surface area contributed by atoms with Gasteiger partial charge in [0.1, 0.15) is 5.76 Å². The fraction of sp³-hybridized carbons (Fsp3) is 0.364. The summed E-state index contributed by atoms with van der Waals surface area (Å²) in [5, 5.41) is 7.08. The van der Waals surface area contributed by atoms with Crippen LogP contribution < -0.4 is 5.32 Å². The average molecular weight is 206 g/mol. The molecule has 0 aliphatic heterocycles. The molecule has 0 fully saturated rings. The molecule has 0 saturated carbocycles. The van der Waals surface area contributed by atoms with Crippen LogP contribution >= 0.6 is 0 Å². The molecule has 0 atom stereocenters. The maximum atomic E-state index is 5.16. The zero-order chi connectivity index (χ0) is 10.7. The van der Waals surface area contributed by atoms with E-state index in [4.69, 9.17) is 8.94 Å². The number of furan rings is 1. The third-order valence-corrected chi connectivity index (χ3v) is 2.15. The van der Waals surface area contributed by atoms with Crippen molar-refractivity contribution >= 4 is 5.82 Å². The van der Waals surface area contributed by atoms with Crippen LogP contribution in [0.15, 0.2) is 33.6 Å². The Hall–Kier alpha value is -1.71. The van der Waals surface area contributed by atoms with Gasteiger partial charge in [0.2, 0.25) is 0 Å². The lowest BCUT2D eigenvalue weighted by Gasteiger charge is -1.97. The van der Waals surface area contributed by atoms with Crippen molar-refractivity contribution in [3.63, 3.8) is 0 Å². The fourth-order valence-corrected chi connectivity index (χ4v) is 1.23. The largest absolute Gasteiger partial charge is 0.472 e. The van der Waals surface area contributed by atoms with Crippen LogP contribution in [-0.2, 0) is 6.54 Å². The number of nitrogens with one attached hydrogen (secondary N) is 1. The van der Waals surface area contributed by atoms with Crippen LogP contribution in [0.2, 0.25) is 0 Å². The predicted octanol–water partition coefficient (Wildman–Crippen LogP) is 3.00. The minimum absolute atomic E-state index is 0.363. The summed E-state index contributed by atoms with van der Waals surface area (Å²) in [7, 11) is 0. The summed E-state index contributed by atoms with van der Waals surface area (Å²) in [4.78, 5) is 0. The van der Waals surface area contributed by atoms with E-state index in [2.05, 4.69) is 24.3 Å². The highest BCUT2D eigenvalue weighted by Gasteiger charge is 2.07. The van der Waals surface area contributed by atoms with Crippen LogP contribution in [0.3, 0.4) is 0 Å². The van der Waals surface area contributed by atoms with E-state index in [1.165, 1.54) is 0 Å². The second kappa shape index (κ2) is 4.21. The van der Waals surface area contributed by atoms with E-state index in [-0.39, 0.29) is 0 Å². The molecule has 15 heavy (non-hydrogen) atoms. The van der Waals surface area contributed by atoms with Crippen molar-refractivity contribution in [1.82, 2.24) is 5.16 Å². The van der Waals surface area contributed by atoms with E-state index in [0.29, 0.717) is 12.5 Å². The lowest BCUT2D eigenvalue weighted by molar-refractivity contribution is 0.373.